The molecule has 3 N–H and O–H groups in total. The largest absolute Gasteiger partial charge is 0.355 e. The summed E-state index contributed by atoms with van der Waals surface area (Å²) < 4.78 is 21.5. The number of nitrogens with one attached hydrogen (secondary N) is 1. The van der Waals surface area contributed by atoms with Crippen molar-refractivity contribution >= 4 is 26.7 Å². The summed E-state index contributed by atoms with van der Waals surface area (Å²) in [7, 11) is -3.54. The number of amides is 1. The van der Waals surface area contributed by atoms with E-state index in [1.165, 1.54) is 0 Å². The lowest BCUT2D eigenvalue weighted by atomic mass is 10.0. The van der Waals surface area contributed by atoms with Crippen LogP contribution in [0.5, 0.6) is 0 Å². The van der Waals surface area contributed by atoms with Crippen molar-refractivity contribution in [3.8, 4) is 0 Å². The van der Waals surface area contributed by atoms with Gasteiger partial charge in [-0.25, -0.2) is 13.6 Å². The molecule has 0 saturated heterocycles. The van der Waals surface area contributed by atoms with Crippen molar-refractivity contribution in [3.63, 3.8) is 0 Å². The second-order valence-electron chi connectivity index (χ2n) is 4.53. The molecule has 0 aliphatic heterocycles. The molecule has 0 aromatic heterocycles. The zero-order valence-corrected chi connectivity index (χ0v) is 11.7. The molecule has 1 amide bonds. The van der Waals surface area contributed by atoms with Crippen LogP contribution in [0.3, 0.4) is 0 Å². The molecular formula is C14H16N2O3S. The van der Waals surface area contributed by atoms with Crippen LogP contribution in [0, 0.1) is 0 Å². The van der Waals surface area contributed by atoms with Gasteiger partial charge in [0, 0.05) is 6.54 Å². The fourth-order valence-corrected chi connectivity index (χ4v) is 2.40. The Hall–Kier alpha value is -1.92. The number of benzene rings is 2. The fourth-order valence-electron chi connectivity index (χ4n) is 2.01. The number of rotatable bonds is 5. The molecular weight excluding hydrogens is 276 g/mol. The van der Waals surface area contributed by atoms with Crippen LogP contribution < -0.4 is 10.5 Å². The molecule has 2 rings (SSSR count). The van der Waals surface area contributed by atoms with Gasteiger partial charge in [0.25, 0.3) is 0 Å². The van der Waals surface area contributed by atoms with Crippen LogP contribution in [0.15, 0.2) is 42.5 Å². The van der Waals surface area contributed by atoms with Gasteiger partial charge in [0.2, 0.25) is 15.9 Å². The van der Waals surface area contributed by atoms with E-state index in [1.54, 1.807) is 0 Å². The number of hydrogen-bond acceptors (Lipinski definition) is 3. The van der Waals surface area contributed by atoms with Crippen molar-refractivity contribution in [2.75, 3.05) is 12.3 Å². The van der Waals surface area contributed by atoms with Crippen molar-refractivity contribution in [2.45, 2.75) is 6.42 Å². The molecule has 0 aliphatic carbocycles. The molecule has 0 spiro atoms. The van der Waals surface area contributed by atoms with Crippen LogP contribution in [0.2, 0.25) is 0 Å². The zero-order valence-electron chi connectivity index (χ0n) is 10.9. The topological polar surface area (TPSA) is 89.3 Å². The first kappa shape index (κ1) is 14.5. The van der Waals surface area contributed by atoms with Crippen molar-refractivity contribution in [3.05, 3.63) is 48.0 Å². The number of fused-ring (bicyclic) bond motifs is 1. The SMILES string of the molecule is NS(=O)(=O)CCNC(=O)Cc1cccc2ccccc12. The van der Waals surface area contributed by atoms with Crippen molar-refractivity contribution in [1.29, 1.82) is 0 Å². The van der Waals surface area contributed by atoms with Gasteiger partial charge in [0.15, 0.2) is 0 Å². The molecule has 0 fully saturated rings. The third-order valence-corrected chi connectivity index (χ3v) is 3.71. The minimum atomic E-state index is -3.54. The Balaban J connectivity index is 2.03. The molecule has 0 atom stereocenters. The molecule has 0 aliphatic rings. The zero-order chi connectivity index (χ0) is 14.6. The van der Waals surface area contributed by atoms with E-state index in [2.05, 4.69) is 5.32 Å². The summed E-state index contributed by atoms with van der Waals surface area (Å²) in [5.41, 5.74) is 0.913. The lowest BCUT2D eigenvalue weighted by Crippen LogP contribution is -2.32. The van der Waals surface area contributed by atoms with Crippen LogP contribution in [-0.4, -0.2) is 26.6 Å². The van der Waals surface area contributed by atoms with Gasteiger partial charge in [-0.05, 0) is 16.3 Å². The first-order chi connectivity index (χ1) is 9.46. The maximum absolute atomic E-state index is 11.8. The van der Waals surface area contributed by atoms with E-state index in [-0.39, 0.29) is 24.6 Å². The summed E-state index contributed by atoms with van der Waals surface area (Å²) in [4.78, 5) is 11.8. The first-order valence-corrected chi connectivity index (χ1v) is 7.91. The molecule has 5 nitrogen and oxygen atoms in total. The fraction of sp³-hybridized carbons (Fsp3) is 0.214. The highest BCUT2D eigenvalue weighted by atomic mass is 32.2. The van der Waals surface area contributed by atoms with Gasteiger partial charge < -0.3 is 5.32 Å². The van der Waals surface area contributed by atoms with Crippen molar-refractivity contribution in [2.24, 2.45) is 5.14 Å². The Labute approximate surface area is 117 Å². The number of nitrogens with two attached hydrogens (primary N) is 1. The Kier molecular flexibility index (Phi) is 4.36. The minimum absolute atomic E-state index is 0.0302. The normalized spacial score (nSPS) is 11.4. The van der Waals surface area contributed by atoms with E-state index in [9.17, 15) is 13.2 Å². The summed E-state index contributed by atoms with van der Waals surface area (Å²) in [6.07, 6.45) is 0.214. The van der Waals surface area contributed by atoms with Gasteiger partial charge >= 0.3 is 0 Å². The van der Waals surface area contributed by atoms with E-state index >= 15 is 0 Å². The Morgan fingerprint density at radius 2 is 1.80 bits per heavy atom. The van der Waals surface area contributed by atoms with Gasteiger partial charge in [-0.15, -0.1) is 0 Å². The molecule has 106 valence electrons. The molecule has 0 unspecified atom stereocenters. The first-order valence-electron chi connectivity index (χ1n) is 6.19. The molecule has 6 heteroatoms. The van der Waals surface area contributed by atoms with Gasteiger partial charge in [-0.1, -0.05) is 42.5 Å². The predicted molar refractivity (Wildman–Crippen MR) is 78.6 cm³/mol. The molecule has 0 bridgehead atoms. The van der Waals surface area contributed by atoms with Crippen LogP contribution in [-0.2, 0) is 21.2 Å². The van der Waals surface area contributed by atoms with Gasteiger partial charge in [0.1, 0.15) is 0 Å². The summed E-state index contributed by atoms with van der Waals surface area (Å²) >= 11 is 0. The second-order valence-corrected chi connectivity index (χ2v) is 6.27. The van der Waals surface area contributed by atoms with Gasteiger partial charge in [-0.2, -0.15) is 0 Å². The van der Waals surface area contributed by atoms with Crippen LogP contribution in [0.25, 0.3) is 10.8 Å². The van der Waals surface area contributed by atoms with Gasteiger partial charge in [-0.3, -0.25) is 4.79 Å². The number of carbonyl (C=O) groups excluding carboxylic acids is 1. The lowest BCUT2D eigenvalue weighted by molar-refractivity contribution is -0.120. The molecule has 20 heavy (non-hydrogen) atoms. The average Bonchev–Trinajstić information content (AvgIpc) is 2.37. The second kappa shape index (κ2) is 6.02. The third-order valence-electron chi connectivity index (χ3n) is 2.94. The third kappa shape index (κ3) is 4.04. The minimum Gasteiger partial charge on any atom is -0.355 e. The highest BCUT2D eigenvalue weighted by molar-refractivity contribution is 7.89. The van der Waals surface area contributed by atoms with Gasteiger partial charge in [0.05, 0.1) is 12.2 Å². The average molecular weight is 292 g/mol. The molecule has 0 saturated carbocycles. The molecule has 0 heterocycles. The van der Waals surface area contributed by atoms with E-state index in [0.29, 0.717) is 0 Å². The number of primary sulfonamides is 1. The summed E-state index contributed by atoms with van der Waals surface area (Å²) in [5, 5.41) is 9.52. The Morgan fingerprint density at radius 1 is 1.10 bits per heavy atom. The monoisotopic (exact) mass is 292 g/mol. The smallest absolute Gasteiger partial charge is 0.224 e. The maximum atomic E-state index is 11.8. The molecule has 2 aromatic carbocycles. The highest BCUT2D eigenvalue weighted by Crippen LogP contribution is 2.18. The summed E-state index contributed by atoms with van der Waals surface area (Å²) in [6, 6.07) is 13.6. The van der Waals surface area contributed by atoms with Crippen LogP contribution >= 0.6 is 0 Å². The van der Waals surface area contributed by atoms with E-state index in [4.69, 9.17) is 5.14 Å². The number of hydrogen-bond donors (Lipinski definition) is 2. The van der Waals surface area contributed by atoms with Crippen molar-refractivity contribution in [1.82, 2.24) is 5.32 Å². The predicted octanol–water partition coefficient (Wildman–Crippen LogP) is 0.787. The van der Waals surface area contributed by atoms with E-state index < -0.39 is 10.0 Å². The maximum Gasteiger partial charge on any atom is 0.224 e. The summed E-state index contributed by atoms with van der Waals surface area (Å²) in [5.74, 6) is -0.473. The molecule has 0 radical (unpaired) electrons. The Morgan fingerprint density at radius 3 is 2.55 bits per heavy atom. The Bertz CT molecular complexity index is 721. The van der Waals surface area contributed by atoms with Crippen molar-refractivity contribution < 1.29 is 13.2 Å². The summed E-state index contributed by atoms with van der Waals surface area (Å²) in [6.45, 7) is 0.0302. The van der Waals surface area contributed by atoms with Crippen LogP contribution in [0.1, 0.15) is 5.56 Å². The number of sulfonamides is 1. The number of carbonyl (C=O) groups is 1. The molecule has 2 aromatic rings. The highest BCUT2D eigenvalue weighted by Gasteiger charge is 2.08. The standard InChI is InChI=1S/C14H16N2O3S/c15-20(18,19)9-8-16-14(17)10-12-6-3-5-11-4-1-2-7-13(11)12/h1-7H,8-10H2,(H,16,17)(H2,15,18,19). The van der Waals surface area contributed by atoms with E-state index in [1.807, 2.05) is 42.5 Å². The van der Waals surface area contributed by atoms with Crippen LogP contribution in [0.4, 0.5) is 0 Å². The van der Waals surface area contributed by atoms with E-state index in [0.717, 1.165) is 16.3 Å². The quantitative estimate of drug-likeness (QED) is 0.853. The lowest BCUT2D eigenvalue weighted by Gasteiger charge is -2.07.